The molecule has 0 aliphatic carbocycles. The Morgan fingerprint density at radius 3 is 2.68 bits per heavy atom. The average Bonchev–Trinajstić information content (AvgIpc) is 2.62. The van der Waals surface area contributed by atoms with Gasteiger partial charge in [-0.1, -0.05) is 0 Å². The maximum absolute atomic E-state index is 5.81. The average molecular weight is 341 g/mol. The van der Waals surface area contributed by atoms with E-state index >= 15 is 0 Å². The molecule has 0 bridgehead atoms. The van der Waals surface area contributed by atoms with Gasteiger partial charge in [-0.15, -0.1) is 0 Å². The third kappa shape index (κ3) is 4.23. The summed E-state index contributed by atoms with van der Waals surface area (Å²) in [7, 11) is 1.71. The number of anilines is 2. The highest BCUT2D eigenvalue weighted by Crippen LogP contribution is 2.33. The number of nitrogens with one attached hydrogen (secondary N) is 1. The molecule has 134 valence electrons. The first-order chi connectivity index (χ1) is 12.0. The Morgan fingerprint density at radius 2 is 2.00 bits per heavy atom. The van der Waals surface area contributed by atoms with Crippen LogP contribution in [0.5, 0.6) is 5.75 Å². The van der Waals surface area contributed by atoms with E-state index in [1.807, 2.05) is 24.5 Å². The Hall–Kier alpha value is -2.27. The molecule has 1 aliphatic rings. The third-order valence-corrected chi connectivity index (χ3v) is 4.55. The maximum Gasteiger partial charge on any atom is 0.144 e. The Morgan fingerprint density at radius 1 is 1.24 bits per heavy atom. The third-order valence-electron chi connectivity index (χ3n) is 4.55. The van der Waals surface area contributed by atoms with Crippen LogP contribution < -0.4 is 15.0 Å². The van der Waals surface area contributed by atoms with Crippen LogP contribution in [0.1, 0.15) is 32.4 Å². The number of ether oxygens (including phenoxy) is 2. The second-order valence-electron chi connectivity index (χ2n) is 7.06. The lowest BCUT2D eigenvalue weighted by Crippen LogP contribution is -2.48. The zero-order valence-corrected chi connectivity index (χ0v) is 15.5. The van der Waals surface area contributed by atoms with Crippen molar-refractivity contribution in [2.75, 3.05) is 37.0 Å². The number of morpholine rings is 1. The Labute approximate surface area is 150 Å². The first kappa shape index (κ1) is 17.5. The van der Waals surface area contributed by atoms with Crippen molar-refractivity contribution in [2.24, 2.45) is 0 Å². The minimum Gasteiger partial charge on any atom is -0.495 e. The fourth-order valence-corrected chi connectivity index (χ4v) is 3.20. The van der Waals surface area contributed by atoms with E-state index in [1.165, 1.54) is 5.56 Å². The number of benzene rings is 1. The van der Waals surface area contributed by atoms with Crippen molar-refractivity contribution in [3.8, 4) is 5.75 Å². The van der Waals surface area contributed by atoms with E-state index in [-0.39, 0.29) is 11.6 Å². The number of rotatable bonds is 5. The van der Waals surface area contributed by atoms with Crippen LogP contribution in [-0.4, -0.2) is 37.4 Å². The minimum atomic E-state index is -0.127. The molecule has 25 heavy (non-hydrogen) atoms. The molecule has 0 radical (unpaired) electrons. The Bertz CT molecular complexity index is 703. The normalized spacial score (nSPS) is 17.8. The fourth-order valence-electron chi connectivity index (χ4n) is 3.20. The van der Waals surface area contributed by atoms with E-state index in [0.29, 0.717) is 0 Å². The first-order valence-corrected chi connectivity index (χ1v) is 8.72. The van der Waals surface area contributed by atoms with Gasteiger partial charge < -0.3 is 19.7 Å². The number of hydrogen-bond donors (Lipinski definition) is 1. The SMILES string of the molecule is COc1cc(N2CCOC(C)(C)C2)ccc1N[C@@H](C)c1ccncc1. The number of methoxy groups -OCH3 is 1. The van der Waals surface area contributed by atoms with Crippen molar-refractivity contribution in [1.29, 1.82) is 0 Å². The summed E-state index contributed by atoms with van der Waals surface area (Å²) < 4.78 is 11.4. The molecular weight excluding hydrogens is 314 g/mol. The van der Waals surface area contributed by atoms with Gasteiger partial charge in [-0.25, -0.2) is 0 Å². The van der Waals surface area contributed by atoms with Crippen LogP contribution in [-0.2, 0) is 4.74 Å². The van der Waals surface area contributed by atoms with Gasteiger partial charge >= 0.3 is 0 Å². The Balaban J connectivity index is 1.78. The molecule has 0 amide bonds. The molecular formula is C20H27N3O2. The fraction of sp³-hybridized carbons (Fsp3) is 0.450. The Kier molecular flexibility index (Phi) is 5.13. The molecule has 2 aromatic rings. The van der Waals surface area contributed by atoms with Gasteiger partial charge in [-0.2, -0.15) is 0 Å². The summed E-state index contributed by atoms with van der Waals surface area (Å²) in [4.78, 5) is 6.42. The van der Waals surface area contributed by atoms with Crippen molar-refractivity contribution in [1.82, 2.24) is 4.98 Å². The van der Waals surface area contributed by atoms with Gasteiger partial charge in [0, 0.05) is 43.3 Å². The molecule has 0 unspecified atom stereocenters. The predicted molar refractivity (Wildman–Crippen MR) is 102 cm³/mol. The van der Waals surface area contributed by atoms with Gasteiger partial charge in [-0.3, -0.25) is 4.98 Å². The van der Waals surface area contributed by atoms with E-state index in [2.05, 4.69) is 54.2 Å². The van der Waals surface area contributed by atoms with Crippen molar-refractivity contribution in [2.45, 2.75) is 32.4 Å². The number of hydrogen-bond acceptors (Lipinski definition) is 5. The van der Waals surface area contributed by atoms with Gasteiger partial charge in [-0.05, 0) is 50.6 Å². The first-order valence-electron chi connectivity index (χ1n) is 8.72. The molecule has 0 spiro atoms. The highest BCUT2D eigenvalue weighted by Gasteiger charge is 2.27. The monoisotopic (exact) mass is 341 g/mol. The highest BCUT2D eigenvalue weighted by molar-refractivity contribution is 5.65. The lowest BCUT2D eigenvalue weighted by molar-refractivity contribution is -0.0277. The molecule has 3 rings (SSSR count). The lowest BCUT2D eigenvalue weighted by atomic mass is 10.1. The second kappa shape index (κ2) is 7.31. The second-order valence-corrected chi connectivity index (χ2v) is 7.06. The summed E-state index contributed by atoms with van der Waals surface area (Å²) in [6.45, 7) is 8.90. The molecule has 1 N–H and O–H groups in total. The van der Waals surface area contributed by atoms with Crippen molar-refractivity contribution >= 4 is 11.4 Å². The maximum atomic E-state index is 5.81. The molecule has 1 aliphatic heterocycles. The van der Waals surface area contributed by atoms with Gasteiger partial charge in [0.05, 0.1) is 25.0 Å². The van der Waals surface area contributed by atoms with Crippen LogP contribution in [0.15, 0.2) is 42.7 Å². The molecule has 1 fully saturated rings. The van der Waals surface area contributed by atoms with Gasteiger partial charge in [0.2, 0.25) is 0 Å². The van der Waals surface area contributed by atoms with Gasteiger partial charge in [0.25, 0.3) is 0 Å². The lowest BCUT2D eigenvalue weighted by Gasteiger charge is -2.39. The van der Waals surface area contributed by atoms with Crippen molar-refractivity contribution < 1.29 is 9.47 Å². The number of nitrogens with zero attached hydrogens (tertiary/aromatic N) is 2. The predicted octanol–water partition coefficient (Wildman–Crippen LogP) is 3.88. The summed E-state index contributed by atoms with van der Waals surface area (Å²) in [5.41, 5.74) is 3.22. The molecule has 5 nitrogen and oxygen atoms in total. The van der Waals surface area contributed by atoms with Crippen LogP contribution in [0.4, 0.5) is 11.4 Å². The summed E-state index contributed by atoms with van der Waals surface area (Å²) in [6, 6.07) is 10.6. The number of pyridine rings is 1. The van der Waals surface area contributed by atoms with E-state index in [1.54, 1.807) is 7.11 Å². The molecule has 5 heteroatoms. The zero-order valence-electron chi connectivity index (χ0n) is 15.5. The summed E-state index contributed by atoms with van der Waals surface area (Å²) >= 11 is 0. The van der Waals surface area contributed by atoms with Gasteiger partial charge in [0.1, 0.15) is 5.75 Å². The van der Waals surface area contributed by atoms with Crippen LogP contribution in [0, 0.1) is 0 Å². The highest BCUT2D eigenvalue weighted by atomic mass is 16.5. The van der Waals surface area contributed by atoms with Gasteiger partial charge in [0.15, 0.2) is 0 Å². The van der Waals surface area contributed by atoms with E-state index in [0.717, 1.165) is 36.8 Å². The molecule has 1 aromatic carbocycles. The topological polar surface area (TPSA) is 46.6 Å². The van der Waals surface area contributed by atoms with Crippen molar-refractivity contribution in [3.05, 3.63) is 48.3 Å². The van der Waals surface area contributed by atoms with Crippen LogP contribution >= 0.6 is 0 Å². The van der Waals surface area contributed by atoms with E-state index in [9.17, 15) is 0 Å². The summed E-state index contributed by atoms with van der Waals surface area (Å²) in [6.07, 6.45) is 3.63. The minimum absolute atomic E-state index is 0.127. The largest absolute Gasteiger partial charge is 0.495 e. The summed E-state index contributed by atoms with van der Waals surface area (Å²) in [5.74, 6) is 0.850. The van der Waals surface area contributed by atoms with E-state index in [4.69, 9.17) is 9.47 Å². The molecule has 2 heterocycles. The smallest absolute Gasteiger partial charge is 0.144 e. The molecule has 1 atom stereocenters. The van der Waals surface area contributed by atoms with Crippen LogP contribution in [0.2, 0.25) is 0 Å². The van der Waals surface area contributed by atoms with Crippen LogP contribution in [0.25, 0.3) is 0 Å². The van der Waals surface area contributed by atoms with Crippen molar-refractivity contribution in [3.63, 3.8) is 0 Å². The quantitative estimate of drug-likeness (QED) is 0.894. The standard InChI is InChI=1S/C20H27N3O2/c1-15(16-7-9-21-10-8-16)22-18-6-5-17(13-19(18)24-4)23-11-12-25-20(2,3)14-23/h5-10,13,15,22H,11-12,14H2,1-4H3/t15-/m0/s1. The number of aromatic nitrogens is 1. The molecule has 1 saturated heterocycles. The van der Waals surface area contributed by atoms with Crippen LogP contribution in [0.3, 0.4) is 0 Å². The van der Waals surface area contributed by atoms with E-state index < -0.39 is 0 Å². The molecule has 0 saturated carbocycles. The summed E-state index contributed by atoms with van der Waals surface area (Å²) in [5, 5.41) is 3.53. The molecule has 1 aromatic heterocycles. The zero-order chi connectivity index (χ0) is 17.9.